The molecule has 3 rings (SSSR count). The number of benzene rings is 2. The van der Waals surface area contributed by atoms with Gasteiger partial charge in [-0.15, -0.1) is 10.2 Å². The molecule has 178 valence electrons. The first-order chi connectivity index (χ1) is 16.5. The van der Waals surface area contributed by atoms with Crippen LogP contribution in [0.15, 0.2) is 59.8 Å². The number of hydrogen-bond acceptors (Lipinski definition) is 6. The van der Waals surface area contributed by atoms with Gasteiger partial charge in [0.2, 0.25) is 11.8 Å². The Balaban J connectivity index is 1.50. The summed E-state index contributed by atoms with van der Waals surface area (Å²) >= 11 is 7.38. The number of nitrogens with one attached hydrogen (secondary N) is 2. The average Bonchev–Trinajstić information content (AvgIpc) is 3.24. The fourth-order valence-corrected chi connectivity index (χ4v) is 4.02. The molecule has 2 amide bonds. The molecule has 3 aromatic rings. The van der Waals surface area contributed by atoms with Crippen molar-refractivity contribution in [1.82, 2.24) is 20.1 Å². The van der Waals surface area contributed by atoms with Crippen molar-refractivity contribution in [3.8, 4) is 5.75 Å². The van der Waals surface area contributed by atoms with E-state index in [4.69, 9.17) is 16.3 Å². The normalized spacial score (nSPS) is 10.9. The van der Waals surface area contributed by atoms with Crippen LogP contribution in [-0.4, -0.2) is 38.9 Å². The van der Waals surface area contributed by atoms with Crippen LogP contribution in [0, 0.1) is 0 Å². The number of rotatable bonds is 11. The maximum atomic E-state index is 12.3. The Labute approximate surface area is 207 Å². The lowest BCUT2D eigenvalue weighted by Gasteiger charge is -2.09. The standard InChI is InChI=1S/C24H26ClN5O3S/c1-3-30-21(15-26-22(31)14-9-17-7-5-6-8-20(17)25)28-29-24(30)34-16-23(32)27-18-10-12-19(13-11-18)33-4-2/h5-14H,3-4,15-16H2,1-2H3,(H,26,31)(H,27,32)/b14-9+. The molecule has 0 aliphatic heterocycles. The summed E-state index contributed by atoms with van der Waals surface area (Å²) in [5, 5.41) is 15.2. The Morgan fingerprint density at radius 1 is 1.12 bits per heavy atom. The zero-order valence-corrected chi connectivity index (χ0v) is 20.5. The second-order valence-corrected chi connectivity index (χ2v) is 8.36. The summed E-state index contributed by atoms with van der Waals surface area (Å²) in [6, 6.07) is 14.5. The van der Waals surface area contributed by atoms with Crippen LogP contribution in [0.2, 0.25) is 5.02 Å². The lowest BCUT2D eigenvalue weighted by Crippen LogP contribution is -2.22. The van der Waals surface area contributed by atoms with Crippen molar-refractivity contribution in [3.63, 3.8) is 0 Å². The van der Waals surface area contributed by atoms with Gasteiger partial charge in [-0.2, -0.15) is 0 Å². The molecule has 0 unspecified atom stereocenters. The Hall–Kier alpha value is -3.30. The van der Waals surface area contributed by atoms with Gasteiger partial charge in [-0.1, -0.05) is 41.6 Å². The molecule has 0 spiro atoms. The number of aromatic nitrogens is 3. The van der Waals surface area contributed by atoms with Gasteiger partial charge in [-0.05, 0) is 55.8 Å². The molecule has 0 saturated heterocycles. The van der Waals surface area contributed by atoms with Gasteiger partial charge in [0.1, 0.15) is 5.75 Å². The molecule has 2 aromatic carbocycles. The summed E-state index contributed by atoms with van der Waals surface area (Å²) in [5.41, 5.74) is 1.46. The zero-order chi connectivity index (χ0) is 24.3. The predicted octanol–water partition coefficient (Wildman–Crippen LogP) is 4.41. The van der Waals surface area contributed by atoms with Crippen molar-refractivity contribution in [2.75, 3.05) is 17.7 Å². The minimum Gasteiger partial charge on any atom is -0.494 e. The number of carbonyl (C=O) groups excluding carboxylic acids is 2. The quantitative estimate of drug-likeness (QED) is 0.299. The monoisotopic (exact) mass is 499 g/mol. The van der Waals surface area contributed by atoms with E-state index in [0.717, 1.165) is 11.3 Å². The molecule has 0 aliphatic carbocycles. The highest BCUT2D eigenvalue weighted by Crippen LogP contribution is 2.19. The molecule has 10 heteroatoms. The fraction of sp³-hybridized carbons (Fsp3) is 0.250. The van der Waals surface area contributed by atoms with E-state index in [1.54, 1.807) is 24.3 Å². The number of ether oxygens (including phenoxy) is 1. The van der Waals surface area contributed by atoms with Crippen LogP contribution in [0.25, 0.3) is 6.08 Å². The summed E-state index contributed by atoms with van der Waals surface area (Å²) in [6.45, 7) is 5.28. The van der Waals surface area contributed by atoms with Crippen molar-refractivity contribution in [1.29, 1.82) is 0 Å². The van der Waals surface area contributed by atoms with E-state index in [2.05, 4.69) is 20.8 Å². The van der Waals surface area contributed by atoms with Gasteiger partial charge in [0.05, 0.1) is 18.9 Å². The fourth-order valence-electron chi connectivity index (χ4n) is 3.00. The highest BCUT2D eigenvalue weighted by molar-refractivity contribution is 7.99. The first-order valence-corrected chi connectivity index (χ1v) is 12.1. The van der Waals surface area contributed by atoms with E-state index in [0.29, 0.717) is 34.8 Å². The van der Waals surface area contributed by atoms with E-state index < -0.39 is 0 Å². The summed E-state index contributed by atoms with van der Waals surface area (Å²) in [4.78, 5) is 24.5. The van der Waals surface area contributed by atoms with Gasteiger partial charge in [-0.3, -0.25) is 9.59 Å². The van der Waals surface area contributed by atoms with Crippen LogP contribution in [-0.2, 0) is 22.7 Å². The number of halogens is 1. The zero-order valence-electron chi connectivity index (χ0n) is 19.0. The molecule has 0 aliphatic rings. The average molecular weight is 500 g/mol. The van der Waals surface area contributed by atoms with Gasteiger partial charge in [0.15, 0.2) is 11.0 Å². The maximum absolute atomic E-state index is 12.3. The van der Waals surface area contributed by atoms with E-state index in [1.807, 2.05) is 48.7 Å². The van der Waals surface area contributed by atoms with Gasteiger partial charge in [-0.25, -0.2) is 0 Å². The molecule has 1 aromatic heterocycles. The van der Waals surface area contributed by atoms with Crippen molar-refractivity contribution >= 4 is 46.9 Å². The van der Waals surface area contributed by atoms with Crippen molar-refractivity contribution in [3.05, 3.63) is 71.0 Å². The molecule has 0 saturated carbocycles. The van der Waals surface area contributed by atoms with Gasteiger partial charge in [0, 0.05) is 23.3 Å². The molecule has 34 heavy (non-hydrogen) atoms. The Bertz CT molecular complexity index is 1150. The number of carbonyl (C=O) groups is 2. The Kier molecular flexibility index (Phi) is 9.54. The van der Waals surface area contributed by atoms with Gasteiger partial charge in [0.25, 0.3) is 0 Å². The van der Waals surface area contributed by atoms with E-state index in [1.165, 1.54) is 17.8 Å². The topological polar surface area (TPSA) is 98.1 Å². The van der Waals surface area contributed by atoms with Crippen LogP contribution in [0.1, 0.15) is 25.2 Å². The third-order valence-electron chi connectivity index (χ3n) is 4.63. The molecule has 0 atom stereocenters. The van der Waals surface area contributed by atoms with E-state index in [9.17, 15) is 9.59 Å². The van der Waals surface area contributed by atoms with Crippen LogP contribution >= 0.6 is 23.4 Å². The molecule has 2 N–H and O–H groups in total. The third kappa shape index (κ3) is 7.36. The number of amides is 2. The highest BCUT2D eigenvalue weighted by Gasteiger charge is 2.14. The smallest absolute Gasteiger partial charge is 0.244 e. The van der Waals surface area contributed by atoms with Crippen LogP contribution in [0.5, 0.6) is 5.75 Å². The second kappa shape index (κ2) is 12.8. The first kappa shape index (κ1) is 25.3. The summed E-state index contributed by atoms with van der Waals surface area (Å²) in [7, 11) is 0. The molecular formula is C24H26ClN5O3S. The lowest BCUT2D eigenvalue weighted by atomic mass is 10.2. The molecule has 1 heterocycles. The van der Waals surface area contributed by atoms with Crippen LogP contribution < -0.4 is 15.4 Å². The third-order valence-corrected chi connectivity index (χ3v) is 5.94. The van der Waals surface area contributed by atoms with Gasteiger partial charge >= 0.3 is 0 Å². The maximum Gasteiger partial charge on any atom is 0.244 e. The SMILES string of the molecule is CCOc1ccc(NC(=O)CSc2nnc(CNC(=O)/C=C/c3ccccc3Cl)n2CC)cc1. The van der Waals surface area contributed by atoms with Crippen LogP contribution in [0.3, 0.4) is 0 Å². The molecular weight excluding hydrogens is 474 g/mol. The molecule has 0 fully saturated rings. The minimum atomic E-state index is -0.269. The number of thioether (sulfide) groups is 1. The second-order valence-electron chi connectivity index (χ2n) is 7.01. The van der Waals surface area contributed by atoms with Gasteiger partial charge < -0.3 is 19.9 Å². The Morgan fingerprint density at radius 3 is 2.59 bits per heavy atom. The summed E-state index contributed by atoms with van der Waals surface area (Å²) < 4.78 is 7.27. The largest absolute Gasteiger partial charge is 0.494 e. The lowest BCUT2D eigenvalue weighted by molar-refractivity contribution is -0.116. The number of anilines is 1. The molecule has 8 nitrogen and oxygen atoms in total. The predicted molar refractivity (Wildman–Crippen MR) is 135 cm³/mol. The van der Waals surface area contributed by atoms with Crippen LogP contribution in [0.4, 0.5) is 5.69 Å². The van der Waals surface area contributed by atoms with Crippen molar-refractivity contribution in [2.45, 2.75) is 32.1 Å². The first-order valence-electron chi connectivity index (χ1n) is 10.8. The molecule has 0 bridgehead atoms. The Morgan fingerprint density at radius 2 is 1.88 bits per heavy atom. The molecule has 0 radical (unpaired) electrons. The van der Waals surface area contributed by atoms with E-state index >= 15 is 0 Å². The summed E-state index contributed by atoms with van der Waals surface area (Å²) in [6.07, 6.45) is 3.08. The minimum absolute atomic E-state index is 0.153. The highest BCUT2D eigenvalue weighted by atomic mass is 35.5. The number of hydrogen-bond donors (Lipinski definition) is 2. The van der Waals surface area contributed by atoms with Crippen molar-refractivity contribution in [2.24, 2.45) is 0 Å². The summed E-state index contributed by atoms with van der Waals surface area (Å²) in [5.74, 6) is 1.12. The number of nitrogens with zero attached hydrogens (tertiary/aromatic N) is 3. The van der Waals surface area contributed by atoms with E-state index in [-0.39, 0.29) is 24.1 Å². The van der Waals surface area contributed by atoms with Crippen molar-refractivity contribution < 1.29 is 14.3 Å².